The zero-order valence-electron chi connectivity index (χ0n) is 8.53. The Morgan fingerprint density at radius 1 is 1.53 bits per heavy atom. The van der Waals surface area contributed by atoms with E-state index in [0.29, 0.717) is 6.61 Å². The highest BCUT2D eigenvalue weighted by Gasteiger charge is 2.20. The molecule has 1 aromatic carbocycles. The molecule has 2 rings (SSSR count). The Bertz CT molecular complexity index is 365. The molecule has 1 heterocycles. The second kappa shape index (κ2) is 4.21. The van der Waals surface area contributed by atoms with Gasteiger partial charge in [0.1, 0.15) is 12.4 Å². The van der Waals surface area contributed by atoms with Crippen molar-refractivity contribution in [2.75, 3.05) is 13.7 Å². The van der Waals surface area contributed by atoms with Crippen molar-refractivity contribution in [3.8, 4) is 5.75 Å². The number of carbonyl (C=O) groups is 1. The number of alkyl carbamates (subject to hydrolysis) is 1. The van der Waals surface area contributed by atoms with Crippen LogP contribution in [0.1, 0.15) is 5.56 Å². The van der Waals surface area contributed by atoms with E-state index >= 15 is 0 Å². The van der Waals surface area contributed by atoms with Crippen LogP contribution in [0.5, 0.6) is 5.75 Å². The summed E-state index contributed by atoms with van der Waals surface area (Å²) in [6.45, 7) is 0.492. The molecular weight excluding hydrogens is 194 g/mol. The van der Waals surface area contributed by atoms with Gasteiger partial charge in [0.05, 0.1) is 13.2 Å². The van der Waals surface area contributed by atoms with Crippen LogP contribution in [0.3, 0.4) is 0 Å². The number of hydrogen-bond donors (Lipinski definition) is 1. The molecule has 0 fully saturated rings. The SMILES string of the molecule is COC(=O)NC1COc2ccccc2C1. The second-order valence-corrected chi connectivity index (χ2v) is 3.46. The highest BCUT2D eigenvalue weighted by Crippen LogP contribution is 2.23. The molecule has 4 nitrogen and oxygen atoms in total. The maximum Gasteiger partial charge on any atom is 0.407 e. The summed E-state index contributed by atoms with van der Waals surface area (Å²) in [7, 11) is 1.35. The predicted molar refractivity (Wildman–Crippen MR) is 55.0 cm³/mol. The van der Waals surface area contributed by atoms with Crippen LogP contribution < -0.4 is 10.1 Å². The van der Waals surface area contributed by atoms with Crippen LogP contribution in [0.4, 0.5) is 4.79 Å². The second-order valence-electron chi connectivity index (χ2n) is 3.46. The van der Waals surface area contributed by atoms with Gasteiger partial charge in [-0.3, -0.25) is 0 Å². The number of methoxy groups -OCH3 is 1. The lowest BCUT2D eigenvalue weighted by atomic mass is 10.0. The van der Waals surface area contributed by atoms with E-state index in [0.717, 1.165) is 17.7 Å². The maximum absolute atomic E-state index is 11.0. The molecular formula is C11H13NO3. The minimum absolute atomic E-state index is 0.00708. The fraction of sp³-hybridized carbons (Fsp3) is 0.364. The molecule has 0 aliphatic carbocycles. The van der Waals surface area contributed by atoms with Gasteiger partial charge in [0.25, 0.3) is 0 Å². The predicted octanol–water partition coefficient (Wildman–Crippen LogP) is 1.35. The number of fused-ring (bicyclic) bond motifs is 1. The normalized spacial score (nSPS) is 18.6. The van der Waals surface area contributed by atoms with E-state index < -0.39 is 6.09 Å². The third kappa shape index (κ3) is 2.21. The first-order valence-corrected chi connectivity index (χ1v) is 4.85. The topological polar surface area (TPSA) is 47.6 Å². The Hall–Kier alpha value is -1.71. The number of ether oxygens (including phenoxy) is 2. The van der Waals surface area contributed by atoms with Gasteiger partial charge in [0.2, 0.25) is 0 Å². The lowest BCUT2D eigenvalue weighted by Crippen LogP contribution is -2.42. The number of nitrogens with one attached hydrogen (secondary N) is 1. The van der Waals surface area contributed by atoms with Crippen LogP contribution in [0, 0.1) is 0 Å². The van der Waals surface area contributed by atoms with E-state index in [2.05, 4.69) is 10.1 Å². The van der Waals surface area contributed by atoms with Crippen LogP contribution in [-0.4, -0.2) is 25.9 Å². The third-order valence-corrected chi connectivity index (χ3v) is 2.39. The van der Waals surface area contributed by atoms with E-state index in [4.69, 9.17) is 4.74 Å². The summed E-state index contributed by atoms with van der Waals surface area (Å²) in [5.41, 5.74) is 1.12. The van der Waals surface area contributed by atoms with E-state index in [1.807, 2.05) is 24.3 Å². The van der Waals surface area contributed by atoms with Gasteiger partial charge in [0.15, 0.2) is 0 Å². The summed E-state index contributed by atoms with van der Waals surface area (Å²) in [5.74, 6) is 0.903. The minimum atomic E-state index is -0.414. The molecule has 0 saturated heterocycles. The first-order chi connectivity index (χ1) is 7.29. The maximum atomic E-state index is 11.0. The van der Waals surface area contributed by atoms with E-state index in [9.17, 15) is 4.79 Å². The summed E-state index contributed by atoms with van der Waals surface area (Å²) < 4.78 is 10.0. The standard InChI is InChI=1S/C11H13NO3/c1-14-11(13)12-9-6-8-4-2-3-5-10(8)15-7-9/h2-5,9H,6-7H2,1H3,(H,12,13). The smallest absolute Gasteiger partial charge is 0.407 e. The average Bonchev–Trinajstić information content (AvgIpc) is 2.29. The summed E-state index contributed by atoms with van der Waals surface area (Å²) in [6, 6.07) is 7.83. The van der Waals surface area contributed by atoms with E-state index in [1.165, 1.54) is 7.11 Å². The van der Waals surface area contributed by atoms with Crippen molar-refractivity contribution in [3.05, 3.63) is 29.8 Å². The van der Waals surface area contributed by atoms with Gasteiger partial charge in [-0.05, 0) is 18.1 Å². The van der Waals surface area contributed by atoms with Crippen LogP contribution in [0.15, 0.2) is 24.3 Å². The summed E-state index contributed by atoms with van der Waals surface area (Å²) in [6.07, 6.45) is 0.369. The Morgan fingerprint density at radius 2 is 2.33 bits per heavy atom. The molecule has 1 aliphatic heterocycles. The fourth-order valence-corrected chi connectivity index (χ4v) is 1.65. The zero-order valence-corrected chi connectivity index (χ0v) is 8.53. The quantitative estimate of drug-likeness (QED) is 0.756. The van der Waals surface area contributed by atoms with Crippen molar-refractivity contribution in [1.29, 1.82) is 0 Å². The molecule has 1 amide bonds. The number of para-hydroxylation sites is 1. The van der Waals surface area contributed by atoms with Crippen LogP contribution in [-0.2, 0) is 11.2 Å². The third-order valence-electron chi connectivity index (χ3n) is 2.39. The highest BCUT2D eigenvalue weighted by atomic mass is 16.5. The van der Waals surface area contributed by atoms with E-state index in [-0.39, 0.29) is 6.04 Å². The molecule has 1 atom stereocenters. The van der Waals surface area contributed by atoms with Crippen molar-refractivity contribution in [3.63, 3.8) is 0 Å². The Kier molecular flexibility index (Phi) is 2.76. The number of hydrogen-bond acceptors (Lipinski definition) is 3. The molecule has 15 heavy (non-hydrogen) atoms. The van der Waals surface area contributed by atoms with Crippen LogP contribution in [0.25, 0.3) is 0 Å². The molecule has 0 saturated carbocycles. The largest absolute Gasteiger partial charge is 0.491 e. The number of rotatable bonds is 1. The van der Waals surface area contributed by atoms with Crippen molar-refractivity contribution in [1.82, 2.24) is 5.32 Å². The first-order valence-electron chi connectivity index (χ1n) is 4.85. The summed E-state index contributed by atoms with van der Waals surface area (Å²) in [5, 5.41) is 2.72. The zero-order chi connectivity index (χ0) is 10.7. The highest BCUT2D eigenvalue weighted by molar-refractivity contribution is 5.67. The lowest BCUT2D eigenvalue weighted by Gasteiger charge is -2.25. The van der Waals surface area contributed by atoms with Crippen LogP contribution in [0.2, 0.25) is 0 Å². The molecule has 1 aromatic rings. The Morgan fingerprint density at radius 3 is 3.13 bits per heavy atom. The summed E-state index contributed by atoms with van der Waals surface area (Å²) in [4.78, 5) is 11.0. The average molecular weight is 207 g/mol. The van der Waals surface area contributed by atoms with Gasteiger partial charge in [-0.2, -0.15) is 0 Å². The van der Waals surface area contributed by atoms with Gasteiger partial charge in [-0.25, -0.2) is 4.79 Å². The van der Waals surface area contributed by atoms with E-state index in [1.54, 1.807) is 0 Å². The number of carbonyl (C=O) groups excluding carboxylic acids is 1. The van der Waals surface area contributed by atoms with Gasteiger partial charge < -0.3 is 14.8 Å². The Labute approximate surface area is 88.2 Å². The van der Waals surface area contributed by atoms with Gasteiger partial charge in [0, 0.05) is 0 Å². The van der Waals surface area contributed by atoms with Crippen LogP contribution >= 0.6 is 0 Å². The van der Waals surface area contributed by atoms with Gasteiger partial charge >= 0.3 is 6.09 Å². The molecule has 4 heteroatoms. The molecule has 1 N–H and O–H groups in total. The van der Waals surface area contributed by atoms with Gasteiger partial charge in [-0.1, -0.05) is 18.2 Å². The van der Waals surface area contributed by atoms with Gasteiger partial charge in [-0.15, -0.1) is 0 Å². The molecule has 1 unspecified atom stereocenters. The molecule has 0 radical (unpaired) electrons. The first kappa shape index (κ1) is 9.83. The fourth-order valence-electron chi connectivity index (χ4n) is 1.65. The Balaban J connectivity index is 2.02. The van der Waals surface area contributed by atoms with Crippen molar-refractivity contribution in [2.45, 2.75) is 12.5 Å². The lowest BCUT2D eigenvalue weighted by molar-refractivity contribution is 0.156. The number of amides is 1. The molecule has 1 aliphatic rings. The van der Waals surface area contributed by atoms with Crippen molar-refractivity contribution < 1.29 is 14.3 Å². The molecule has 0 spiro atoms. The molecule has 0 bridgehead atoms. The summed E-state index contributed by atoms with van der Waals surface area (Å²) >= 11 is 0. The van der Waals surface area contributed by atoms with Crippen molar-refractivity contribution in [2.24, 2.45) is 0 Å². The van der Waals surface area contributed by atoms with Crippen molar-refractivity contribution >= 4 is 6.09 Å². The molecule has 0 aromatic heterocycles. The number of benzene rings is 1. The molecule has 80 valence electrons. The minimum Gasteiger partial charge on any atom is -0.491 e. The monoisotopic (exact) mass is 207 g/mol.